The van der Waals surface area contributed by atoms with Crippen molar-refractivity contribution in [2.45, 2.75) is 50.8 Å². The van der Waals surface area contributed by atoms with E-state index in [1.165, 1.54) is 0 Å². The van der Waals surface area contributed by atoms with Gasteiger partial charge in [0.05, 0.1) is 11.5 Å². The summed E-state index contributed by atoms with van der Waals surface area (Å²) in [6.45, 7) is 6.49. The molecule has 0 aliphatic carbocycles. The van der Waals surface area contributed by atoms with Gasteiger partial charge in [-0.05, 0) is 67.1 Å². The van der Waals surface area contributed by atoms with Gasteiger partial charge in [-0.3, -0.25) is 4.79 Å². The molecule has 3 rings (SSSR count). The van der Waals surface area contributed by atoms with Crippen molar-refractivity contribution in [3.05, 3.63) is 59.7 Å². The van der Waals surface area contributed by atoms with E-state index >= 15 is 0 Å². The van der Waals surface area contributed by atoms with Crippen molar-refractivity contribution in [1.29, 1.82) is 0 Å². The average molecular weight is 459 g/mol. The smallest absolute Gasteiger partial charge is 0.251 e. The summed E-state index contributed by atoms with van der Waals surface area (Å²) in [7, 11) is -3.43. The first-order valence-corrected chi connectivity index (χ1v) is 12.9. The Kier molecular flexibility index (Phi) is 8.70. The zero-order valence-electron chi connectivity index (χ0n) is 19.0. The minimum absolute atomic E-state index is 0.138. The molecule has 32 heavy (non-hydrogen) atoms. The molecule has 1 aliphatic heterocycles. The van der Waals surface area contributed by atoms with Gasteiger partial charge >= 0.3 is 0 Å². The van der Waals surface area contributed by atoms with E-state index in [2.05, 4.69) is 19.2 Å². The predicted molar refractivity (Wildman–Crippen MR) is 126 cm³/mol. The van der Waals surface area contributed by atoms with Crippen LogP contribution in [0.2, 0.25) is 0 Å². The summed E-state index contributed by atoms with van der Waals surface area (Å²) in [6, 6.07) is 14.1. The lowest BCUT2D eigenvalue weighted by Gasteiger charge is -2.20. The highest BCUT2D eigenvalue weighted by Crippen LogP contribution is 2.21. The SMILES string of the molecule is CC(C)COc1ccc(C(=O)NCCc2ccc(S(=O)(=O)N3CCCCCC3)cc2)cc1. The molecule has 1 fully saturated rings. The van der Waals surface area contributed by atoms with E-state index in [-0.39, 0.29) is 5.91 Å². The fourth-order valence-electron chi connectivity index (χ4n) is 3.65. The van der Waals surface area contributed by atoms with E-state index < -0.39 is 10.0 Å². The summed E-state index contributed by atoms with van der Waals surface area (Å²) in [6.07, 6.45) is 4.65. The van der Waals surface area contributed by atoms with Gasteiger partial charge in [0.15, 0.2) is 0 Å². The average Bonchev–Trinajstić information content (AvgIpc) is 3.08. The zero-order chi connectivity index (χ0) is 23.0. The van der Waals surface area contributed by atoms with Crippen molar-refractivity contribution in [3.63, 3.8) is 0 Å². The first kappa shape index (κ1) is 24.3. The van der Waals surface area contributed by atoms with Crippen molar-refractivity contribution in [1.82, 2.24) is 9.62 Å². The second-order valence-corrected chi connectivity index (χ2v) is 10.6. The van der Waals surface area contributed by atoms with Crippen molar-refractivity contribution in [2.75, 3.05) is 26.2 Å². The van der Waals surface area contributed by atoms with Gasteiger partial charge in [-0.2, -0.15) is 4.31 Å². The summed E-state index contributed by atoms with van der Waals surface area (Å²) in [5.74, 6) is 1.06. The van der Waals surface area contributed by atoms with Crippen LogP contribution in [0.1, 0.15) is 55.5 Å². The van der Waals surface area contributed by atoms with E-state index in [0.29, 0.717) is 49.0 Å². The molecule has 0 spiro atoms. The third-order valence-electron chi connectivity index (χ3n) is 5.53. The van der Waals surface area contributed by atoms with Crippen LogP contribution in [0.5, 0.6) is 5.75 Å². The second kappa shape index (κ2) is 11.5. The molecule has 0 bridgehead atoms. The fourth-order valence-corrected chi connectivity index (χ4v) is 5.16. The maximum atomic E-state index is 12.9. The van der Waals surface area contributed by atoms with Gasteiger partial charge in [-0.25, -0.2) is 8.42 Å². The van der Waals surface area contributed by atoms with E-state index in [1.54, 1.807) is 40.7 Å². The quantitative estimate of drug-likeness (QED) is 0.609. The summed E-state index contributed by atoms with van der Waals surface area (Å²) >= 11 is 0. The molecule has 1 amide bonds. The van der Waals surface area contributed by atoms with Crippen LogP contribution in [-0.2, 0) is 16.4 Å². The molecular formula is C25H34N2O4S. The minimum Gasteiger partial charge on any atom is -0.493 e. The number of sulfonamides is 1. The predicted octanol–water partition coefficient (Wildman–Crippen LogP) is 4.26. The zero-order valence-corrected chi connectivity index (χ0v) is 19.9. The summed E-state index contributed by atoms with van der Waals surface area (Å²) in [5, 5.41) is 2.91. The number of nitrogens with zero attached hydrogens (tertiary/aromatic N) is 1. The molecular weight excluding hydrogens is 424 g/mol. The molecule has 0 atom stereocenters. The Balaban J connectivity index is 1.49. The van der Waals surface area contributed by atoms with Crippen LogP contribution in [0.3, 0.4) is 0 Å². The van der Waals surface area contributed by atoms with Crippen LogP contribution in [0.4, 0.5) is 0 Å². The van der Waals surface area contributed by atoms with Crippen molar-refractivity contribution in [3.8, 4) is 5.75 Å². The number of carbonyl (C=O) groups is 1. The fraction of sp³-hybridized carbons (Fsp3) is 0.480. The van der Waals surface area contributed by atoms with Gasteiger partial charge in [-0.1, -0.05) is 38.8 Å². The molecule has 6 nitrogen and oxygen atoms in total. The first-order chi connectivity index (χ1) is 15.4. The standard InChI is InChI=1S/C25H34N2O4S/c1-20(2)19-31-23-11-9-22(10-12-23)25(28)26-16-15-21-7-13-24(14-8-21)32(29,30)27-17-5-3-4-6-18-27/h7-14,20H,3-6,15-19H2,1-2H3,(H,26,28). The van der Waals surface area contributed by atoms with Crippen LogP contribution < -0.4 is 10.1 Å². The van der Waals surface area contributed by atoms with Crippen LogP contribution in [-0.4, -0.2) is 44.9 Å². The third-order valence-corrected chi connectivity index (χ3v) is 7.44. The maximum absolute atomic E-state index is 12.9. The minimum atomic E-state index is -3.43. The summed E-state index contributed by atoms with van der Waals surface area (Å²) in [5.41, 5.74) is 1.57. The molecule has 174 valence electrons. The molecule has 1 saturated heterocycles. The van der Waals surface area contributed by atoms with Gasteiger partial charge in [0.1, 0.15) is 5.75 Å². The second-order valence-electron chi connectivity index (χ2n) is 8.70. The van der Waals surface area contributed by atoms with Crippen LogP contribution >= 0.6 is 0 Å². The highest BCUT2D eigenvalue weighted by Gasteiger charge is 2.24. The van der Waals surface area contributed by atoms with E-state index in [9.17, 15) is 13.2 Å². The van der Waals surface area contributed by atoms with Gasteiger partial charge in [-0.15, -0.1) is 0 Å². The van der Waals surface area contributed by atoms with Crippen LogP contribution in [0.15, 0.2) is 53.4 Å². The Morgan fingerprint density at radius 2 is 1.59 bits per heavy atom. The molecule has 7 heteroatoms. The van der Waals surface area contributed by atoms with Gasteiger partial charge in [0, 0.05) is 25.2 Å². The summed E-state index contributed by atoms with van der Waals surface area (Å²) in [4.78, 5) is 12.7. The first-order valence-electron chi connectivity index (χ1n) is 11.5. The number of rotatable bonds is 9. The number of hydrogen-bond donors (Lipinski definition) is 1. The Morgan fingerprint density at radius 3 is 2.19 bits per heavy atom. The maximum Gasteiger partial charge on any atom is 0.251 e. The molecule has 0 unspecified atom stereocenters. The van der Waals surface area contributed by atoms with Crippen molar-refractivity contribution >= 4 is 15.9 Å². The number of benzene rings is 2. The summed E-state index contributed by atoms with van der Waals surface area (Å²) < 4.78 is 33.0. The van der Waals surface area contributed by atoms with E-state index in [0.717, 1.165) is 37.0 Å². The lowest BCUT2D eigenvalue weighted by atomic mass is 10.1. The normalized spacial score (nSPS) is 15.3. The number of hydrogen-bond acceptors (Lipinski definition) is 4. The highest BCUT2D eigenvalue weighted by molar-refractivity contribution is 7.89. The van der Waals surface area contributed by atoms with E-state index in [1.807, 2.05) is 12.1 Å². The lowest BCUT2D eigenvalue weighted by Crippen LogP contribution is -2.31. The van der Waals surface area contributed by atoms with Crippen LogP contribution in [0.25, 0.3) is 0 Å². The number of carbonyl (C=O) groups excluding carboxylic acids is 1. The molecule has 1 aliphatic rings. The third kappa shape index (κ3) is 6.81. The van der Waals surface area contributed by atoms with Crippen molar-refractivity contribution in [2.24, 2.45) is 5.92 Å². The number of ether oxygens (including phenoxy) is 1. The molecule has 1 heterocycles. The van der Waals surface area contributed by atoms with Gasteiger partial charge in [0.2, 0.25) is 10.0 Å². The Hall–Kier alpha value is -2.38. The Morgan fingerprint density at radius 1 is 0.969 bits per heavy atom. The molecule has 0 aromatic heterocycles. The largest absolute Gasteiger partial charge is 0.493 e. The monoisotopic (exact) mass is 458 g/mol. The molecule has 2 aromatic carbocycles. The van der Waals surface area contributed by atoms with Crippen molar-refractivity contribution < 1.29 is 17.9 Å². The van der Waals surface area contributed by atoms with Gasteiger partial charge in [0.25, 0.3) is 5.91 Å². The highest BCUT2D eigenvalue weighted by atomic mass is 32.2. The van der Waals surface area contributed by atoms with Gasteiger partial charge < -0.3 is 10.1 Å². The Labute approximate surface area is 192 Å². The molecule has 0 saturated carbocycles. The van der Waals surface area contributed by atoms with Crippen LogP contribution in [0, 0.1) is 5.92 Å². The topological polar surface area (TPSA) is 75.7 Å². The Bertz CT molecular complexity index is 962. The molecule has 1 N–H and O–H groups in total. The lowest BCUT2D eigenvalue weighted by molar-refractivity contribution is 0.0954. The van der Waals surface area contributed by atoms with E-state index in [4.69, 9.17) is 4.74 Å². The number of amides is 1. The number of nitrogens with one attached hydrogen (secondary N) is 1. The molecule has 0 radical (unpaired) electrons. The molecule has 2 aromatic rings.